The smallest absolute Gasteiger partial charge is 0.199 e. The van der Waals surface area contributed by atoms with Gasteiger partial charge in [-0.2, -0.15) is 4.99 Å². The third-order valence-electron chi connectivity index (χ3n) is 3.33. The molecular formula is C17H12Cl3N3S2. The summed E-state index contributed by atoms with van der Waals surface area (Å²) in [5, 5.41) is 7.01. The molecule has 1 aromatic heterocycles. The molecule has 1 heterocycles. The lowest BCUT2D eigenvalue weighted by molar-refractivity contribution is 0.772. The molecule has 128 valence electrons. The lowest BCUT2D eigenvalue weighted by Gasteiger charge is -2.07. The fraction of sp³-hybridized carbons (Fsp3) is 0.0588. The lowest BCUT2D eigenvalue weighted by Crippen LogP contribution is -2.19. The third-order valence-corrected chi connectivity index (χ3v) is 5.42. The molecule has 3 aromatic rings. The fourth-order valence-electron chi connectivity index (χ4n) is 2.13. The van der Waals surface area contributed by atoms with E-state index in [9.17, 15) is 0 Å². The average molecular weight is 429 g/mol. The molecule has 0 atom stereocenters. The molecule has 3 rings (SSSR count). The predicted molar refractivity (Wildman–Crippen MR) is 111 cm³/mol. The monoisotopic (exact) mass is 427 g/mol. The van der Waals surface area contributed by atoms with E-state index in [1.165, 1.54) is 11.3 Å². The molecule has 0 spiro atoms. The van der Waals surface area contributed by atoms with Crippen LogP contribution in [-0.2, 0) is 6.54 Å². The predicted octanol–water partition coefficient (Wildman–Crippen LogP) is 5.86. The van der Waals surface area contributed by atoms with E-state index < -0.39 is 0 Å². The number of thiocarbonyl (C=S) groups is 1. The van der Waals surface area contributed by atoms with Crippen molar-refractivity contribution in [3.63, 3.8) is 0 Å². The molecular weight excluding hydrogens is 417 g/mol. The van der Waals surface area contributed by atoms with E-state index >= 15 is 0 Å². The summed E-state index contributed by atoms with van der Waals surface area (Å²) in [7, 11) is 0. The third kappa shape index (κ3) is 4.84. The van der Waals surface area contributed by atoms with Crippen molar-refractivity contribution >= 4 is 69.2 Å². The van der Waals surface area contributed by atoms with Crippen LogP contribution in [0.1, 0.15) is 5.56 Å². The van der Waals surface area contributed by atoms with Gasteiger partial charge < -0.3 is 9.88 Å². The van der Waals surface area contributed by atoms with E-state index in [0.717, 1.165) is 21.1 Å². The van der Waals surface area contributed by atoms with Crippen molar-refractivity contribution in [2.24, 2.45) is 4.99 Å². The molecule has 0 saturated carbocycles. The number of nitrogens with one attached hydrogen (secondary N) is 1. The van der Waals surface area contributed by atoms with Gasteiger partial charge in [0, 0.05) is 22.3 Å². The SMILES string of the molecule is S=C(N=c1sccn1Cc1ccccc1Cl)Nc1ccc(Cl)c(Cl)c1. The second-order valence-electron chi connectivity index (χ2n) is 5.08. The van der Waals surface area contributed by atoms with Crippen LogP contribution in [0.3, 0.4) is 0 Å². The summed E-state index contributed by atoms with van der Waals surface area (Å²) in [6, 6.07) is 12.9. The summed E-state index contributed by atoms with van der Waals surface area (Å²) in [4.78, 5) is 5.25. The molecule has 1 N–H and O–H groups in total. The molecule has 0 aliphatic heterocycles. The number of benzene rings is 2. The number of rotatable bonds is 3. The van der Waals surface area contributed by atoms with Crippen LogP contribution in [0.25, 0.3) is 0 Å². The zero-order valence-corrected chi connectivity index (χ0v) is 16.6. The summed E-state index contributed by atoms with van der Waals surface area (Å²) >= 11 is 25.0. The van der Waals surface area contributed by atoms with Crippen molar-refractivity contribution in [2.75, 3.05) is 5.32 Å². The van der Waals surface area contributed by atoms with Gasteiger partial charge in [-0.1, -0.05) is 53.0 Å². The number of anilines is 1. The molecule has 0 fully saturated rings. The minimum Gasteiger partial charge on any atom is -0.331 e. The molecule has 0 radical (unpaired) electrons. The number of hydrogen-bond acceptors (Lipinski definition) is 2. The highest BCUT2D eigenvalue weighted by atomic mass is 35.5. The van der Waals surface area contributed by atoms with Gasteiger partial charge in [0.2, 0.25) is 0 Å². The molecule has 8 heteroatoms. The van der Waals surface area contributed by atoms with E-state index in [4.69, 9.17) is 47.0 Å². The minimum absolute atomic E-state index is 0.341. The summed E-state index contributed by atoms with van der Waals surface area (Å²) in [6.07, 6.45) is 1.95. The average Bonchev–Trinajstić information content (AvgIpc) is 3.00. The van der Waals surface area contributed by atoms with E-state index in [2.05, 4.69) is 10.3 Å². The maximum atomic E-state index is 6.23. The standard InChI is InChI=1S/C17H12Cl3N3S2/c18-13-4-2-1-3-11(13)10-23-7-8-25-17(23)22-16(24)21-12-5-6-14(19)15(20)9-12/h1-9H,10H2,(H,21,24). The first-order chi connectivity index (χ1) is 12.0. The Morgan fingerprint density at radius 2 is 1.88 bits per heavy atom. The van der Waals surface area contributed by atoms with Gasteiger partial charge in [0.1, 0.15) is 0 Å². The van der Waals surface area contributed by atoms with E-state index in [1.54, 1.807) is 18.2 Å². The van der Waals surface area contributed by atoms with Crippen LogP contribution in [0.5, 0.6) is 0 Å². The highest BCUT2D eigenvalue weighted by molar-refractivity contribution is 7.80. The summed E-state index contributed by atoms with van der Waals surface area (Å²) < 4.78 is 1.99. The summed E-state index contributed by atoms with van der Waals surface area (Å²) in [6.45, 7) is 0.622. The number of aromatic nitrogens is 1. The maximum absolute atomic E-state index is 6.23. The van der Waals surface area contributed by atoms with Crippen molar-refractivity contribution in [1.82, 2.24) is 4.57 Å². The topological polar surface area (TPSA) is 29.3 Å². The molecule has 0 bridgehead atoms. The molecule has 2 aromatic carbocycles. The van der Waals surface area contributed by atoms with Crippen molar-refractivity contribution < 1.29 is 0 Å². The molecule has 0 amide bonds. The quantitative estimate of drug-likeness (QED) is 0.530. The number of hydrogen-bond donors (Lipinski definition) is 1. The Morgan fingerprint density at radius 1 is 1.08 bits per heavy atom. The van der Waals surface area contributed by atoms with E-state index in [-0.39, 0.29) is 0 Å². The van der Waals surface area contributed by atoms with Gasteiger partial charge in [-0.25, -0.2) is 0 Å². The van der Waals surface area contributed by atoms with Gasteiger partial charge in [-0.3, -0.25) is 0 Å². The maximum Gasteiger partial charge on any atom is 0.199 e. The van der Waals surface area contributed by atoms with Crippen LogP contribution < -0.4 is 10.1 Å². The second kappa shape index (κ2) is 8.34. The summed E-state index contributed by atoms with van der Waals surface area (Å²) in [5.41, 5.74) is 1.75. The van der Waals surface area contributed by atoms with Crippen molar-refractivity contribution in [3.8, 4) is 0 Å². The van der Waals surface area contributed by atoms with Crippen molar-refractivity contribution in [2.45, 2.75) is 6.54 Å². The highest BCUT2D eigenvalue weighted by Crippen LogP contribution is 2.25. The molecule has 0 unspecified atom stereocenters. The molecule has 3 nitrogen and oxygen atoms in total. The van der Waals surface area contributed by atoms with Gasteiger partial charge in [-0.15, -0.1) is 11.3 Å². The summed E-state index contributed by atoms with van der Waals surface area (Å²) in [5.74, 6) is 0. The molecule has 0 saturated heterocycles. The van der Waals surface area contributed by atoms with Crippen LogP contribution in [0, 0.1) is 0 Å². The van der Waals surface area contributed by atoms with Crippen molar-refractivity contribution in [1.29, 1.82) is 0 Å². The van der Waals surface area contributed by atoms with Crippen LogP contribution in [0.4, 0.5) is 5.69 Å². The number of halogens is 3. The zero-order valence-electron chi connectivity index (χ0n) is 12.7. The second-order valence-corrected chi connectivity index (χ2v) is 7.56. The van der Waals surface area contributed by atoms with Gasteiger partial charge in [0.25, 0.3) is 0 Å². The Labute approximate surface area is 169 Å². The van der Waals surface area contributed by atoms with Crippen molar-refractivity contribution in [3.05, 3.63) is 79.5 Å². The van der Waals surface area contributed by atoms with Crippen LogP contribution in [0.2, 0.25) is 15.1 Å². The van der Waals surface area contributed by atoms with Crippen LogP contribution in [-0.4, -0.2) is 9.68 Å². The lowest BCUT2D eigenvalue weighted by atomic mass is 10.2. The van der Waals surface area contributed by atoms with Gasteiger partial charge in [-0.05, 0) is 42.0 Å². The fourth-order valence-corrected chi connectivity index (χ4v) is 3.62. The Balaban J connectivity index is 1.80. The molecule has 0 aliphatic rings. The number of nitrogens with zero attached hydrogens (tertiary/aromatic N) is 2. The van der Waals surface area contributed by atoms with Crippen LogP contribution in [0.15, 0.2) is 59.0 Å². The van der Waals surface area contributed by atoms with E-state index in [0.29, 0.717) is 21.7 Å². The largest absolute Gasteiger partial charge is 0.331 e. The first-order valence-corrected chi connectivity index (χ1v) is 9.63. The Hall–Kier alpha value is -1.37. The Kier molecular flexibility index (Phi) is 6.15. The van der Waals surface area contributed by atoms with Gasteiger partial charge >= 0.3 is 0 Å². The van der Waals surface area contributed by atoms with Gasteiger partial charge in [0.15, 0.2) is 9.91 Å². The Morgan fingerprint density at radius 3 is 2.64 bits per heavy atom. The normalized spacial score (nSPS) is 11.6. The first-order valence-electron chi connectivity index (χ1n) is 7.21. The van der Waals surface area contributed by atoms with Crippen LogP contribution >= 0.6 is 58.4 Å². The van der Waals surface area contributed by atoms with Gasteiger partial charge in [0.05, 0.1) is 16.6 Å². The molecule has 25 heavy (non-hydrogen) atoms. The molecule has 0 aliphatic carbocycles. The Bertz CT molecular complexity index is 979. The highest BCUT2D eigenvalue weighted by Gasteiger charge is 2.04. The minimum atomic E-state index is 0.341. The first kappa shape index (κ1) is 18.4. The van der Waals surface area contributed by atoms with E-state index in [1.807, 2.05) is 40.4 Å². The zero-order chi connectivity index (χ0) is 17.8. The number of thiazole rings is 1.